The van der Waals surface area contributed by atoms with E-state index in [1.54, 1.807) is 16.7 Å². The lowest BCUT2D eigenvalue weighted by Crippen LogP contribution is -2.52. The van der Waals surface area contributed by atoms with Gasteiger partial charge in [-0.15, -0.1) is 11.8 Å². The standard InChI is InChI=1S/C27H40N4O4S/c1-5-15-28-23(33)20-21-25(35)31(16-8-17-32)22(27(21)14-13-26(20,4)36-27)24(34)29-18-9-11-19(12-10-18)30(6-2)7-3/h9-12,20-22,32H,5-8,13-17H2,1-4H3,(H,28,33)(H,29,34)/t20-,21+,22?,26+,27?/m1/s1. The number of aliphatic hydroxyl groups is 1. The monoisotopic (exact) mass is 516 g/mol. The predicted octanol–water partition coefficient (Wildman–Crippen LogP) is 2.86. The van der Waals surface area contributed by atoms with E-state index in [9.17, 15) is 19.5 Å². The third-order valence-electron chi connectivity index (χ3n) is 8.18. The number of likely N-dealkylation sites (tertiary alicyclic amines) is 1. The van der Waals surface area contributed by atoms with Gasteiger partial charge in [-0.1, -0.05) is 6.92 Å². The van der Waals surface area contributed by atoms with Gasteiger partial charge < -0.3 is 25.5 Å². The van der Waals surface area contributed by atoms with Gasteiger partial charge in [0.2, 0.25) is 17.7 Å². The average molecular weight is 517 g/mol. The van der Waals surface area contributed by atoms with Crippen LogP contribution in [0.15, 0.2) is 24.3 Å². The van der Waals surface area contributed by atoms with Crippen molar-refractivity contribution >= 4 is 40.9 Å². The van der Waals surface area contributed by atoms with Crippen LogP contribution in [0, 0.1) is 11.8 Å². The number of nitrogens with one attached hydrogen (secondary N) is 2. The highest BCUT2D eigenvalue weighted by atomic mass is 32.2. The maximum atomic E-state index is 13.9. The Morgan fingerprint density at radius 2 is 1.83 bits per heavy atom. The molecule has 3 heterocycles. The van der Waals surface area contributed by atoms with Gasteiger partial charge in [0.25, 0.3) is 0 Å². The SMILES string of the molecule is CCCNC(=O)[C@H]1[C@H]2C(=O)N(CCCO)C(C(=O)Nc3ccc(N(CC)CC)cc3)C23CC[C@]1(C)S3. The number of benzene rings is 1. The number of anilines is 2. The lowest BCUT2D eigenvalue weighted by atomic mass is 9.66. The summed E-state index contributed by atoms with van der Waals surface area (Å²) < 4.78 is -1.01. The number of rotatable bonds is 11. The highest BCUT2D eigenvalue weighted by molar-refractivity contribution is 8.02. The van der Waals surface area contributed by atoms with Gasteiger partial charge in [-0.3, -0.25) is 14.4 Å². The van der Waals surface area contributed by atoms with Crippen LogP contribution in [0.1, 0.15) is 53.4 Å². The number of nitrogens with zero attached hydrogens (tertiary/aromatic N) is 2. The van der Waals surface area contributed by atoms with Crippen LogP contribution in [-0.4, -0.2) is 76.0 Å². The first-order chi connectivity index (χ1) is 17.3. The molecule has 3 N–H and O–H groups in total. The molecule has 1 aromatic carbocycles. The summed E-state index contributed by atoms with van der Waals surface area (Å²) in [5.41, 5.74) is 1.78. The number of hydrogen-bond acceptors (Lipinski definition) is 6. The Morgan fingerprint density at radius 3 is 2.44 bits per heavy atom. The van der Waals surface area contributed by atoms with Gasteiger partial charge in [0.1, 0.15) is 6.04 Å². The van der Waals surface area contributed by atoms with Crippen LogP contribution in [0.4, 0.5) is 11.4 Å². The molecule has 0 radical (unpaired) electrons. The van der Waals surface area contributed by atoms with Crippen LogP contribution < -0.4 is 15.5 Å². The summed E-state index contributed by atoms with van der Waals surface area (Å²) in [5, 5.41) is 15.6. The minimum absolute atomic E-state index is 0.0616. The van der Waals surface area contributed by atoms with E-state index in [0.717, 1.165) is 38.0 Å². The van der Waals surface area contributed by atoms with Crippen LogP contribution in [0.5, 0.6) is 0 Å². The molecule has 36 heavy (non-hydrogen) atoms. The molecule has 3 aliphatic heterocycles. The van der Waals surface area contributed by atoms with Crippen LogP contribution in [0.2, 0.25) is 0 Å². The zero-order valence-electron chi connectivity index (χ0n) is 21.9. The van der Waals surface area contributed by atoms with Crippen molar-refractivity contribution in [2.24, 2.45) is 11.8 Å². The maximum Gasteiger partial charge on any atom is 0.248 e. The number of thioether (sulfide) groups is 1. The summed E-state index contributed by atoms with van der Waals surface area (Å²) >= 11 is 1.67. The lowest BCUT2D eigenvalue weighted by molar-refractivity contribution is -0.140. The number of carbonyl (C=O) groups excluding carboxylic acids is 3. The zero-order chi connectivity index (χ0) is 26.1. The third kappa shape index (κ3) is 4.38. The number of fused-ring (bicyclic) bond motifs is 1. The van der Waals surface area contributed by atoms with Crippen molar-refractivity contribution in [2.75, 3.05) is 43.0 Å². The number of hydrogen-bond donors (Lipinski definition) is 3. The van der Waals surface area contributed by atoms with Crippen molar-refractivity contribution in [3.05, 3.63) is 24.3 Å². The quantitative estimate of drug-likeness (QED) is 0.418. The van der Waals surface area contributed by atoms with E-state index in [-0.39, 0.29) is 29.1 Å². The fourth-order valence-electron chi connectivity index (χ4n) is 6.52. The molecular formula is C27H40N4O4S. The molecule has 5 atom stereocenters. The molecule has 198 valence electrons. The Kier molecular flexibility index (Phi) is 7.90. The van der Waals surface area contributed by atoms with E-state index in [4.69, 9.17) is 0 Å². The van der Waals surface area contributed by atoms with Gasteiger partial charge in [0, 0.05) is 48.9 Å². The molecule has 3 aliphatic rings. The molecule has 3 saturated heterocycles. The van der Waals surface area contributed by atoms with Crippen molar-refractivity contribution in [3.8, 4) is 0 Å². The number of carbonyl (C=O) groups is 3. The summed E-state index contributed by atoms with van der Waals surface area (Å²) in [4.78, 5) is 44.8. The molecule has 3 amide bonds. The molecule has 1 aromatic rings. The molecular weight excluding hydrogens is 476 g/mol. The average Bonchev–Trinajstić information content (AvgIpc) is 3.43. The van der Waals surface area contributed by atoms with E-state index >= 15 is 0 Å². The van der Waals surface area contributed by atoms with Gasteiger partial charge in [0.05, 0.1) is 16.6 Å². The Balaban J connectivity index is 1.63. The fourth-order valence-corrected chi connectivity index (χ4v) is 8.88. The molecule has 0 aliphatic carbocycles. The van der Waals surface area contributed by atoms with Crippen LogP contribution in [0.25, 0.3) is 0 Å². The fraction of sp³-hybridized carbons (Fsp3) is 0.667. The van der Waals surface area contributed by atoms with Crippen molar-refractivity contribution in [2.45, 2.75) is 68.9 Å². The second-order valence-electron chi connectivity index (χ2n) is 10.3. The van der Waals surface area contributed by atoms with Crippen LogP contribution in [-0.2, 0) is 14.4 Å². The van der Waals surface area contributed by atoms with Crippen molar-refractivity contribution < 1.29 is 19.5 Å². The molecule has 2 bridgehead atoms. The first-order valence-electron chi connectivity index (χ1n) is 13.3. The third-order valence-corrected chi connectivity index (χ3v) is 10.2. The summed E-state index contributed by atoms with van der Waals surface area (Å²) in [7, 11) is 0. The summed E-state index contributed by atoms with van der Waals surface area (Å²) in [5.74, 6) is -1.42. The van der Waals surface area contributed by atoms with E-state index in [2.05, 4.69) is 36.3 Å². The Labute approximate surface area is 218 Å². The lowest BCUT2D eigenvalue weighted by Gasteiger charge is -2.34. The zero-order valence-corrected chi connectivity index (χ0v) is 22.7. The van der Waals surface area contributed by atoms with Crippen molar-refractivity contribution in [3.63, 3.8) is 0 Å². The van der Waals surface area contributed by atoms with Gasteiger partial charge in [0.15, 0.2) is 0 Å². The molecule has 3 fully saturated rings. The van der Waals surface area contributed by atoms with Crippen molar-refractivity contribution in [1.29, 1.82) is 0 Å². The van der Waals surface area contributed by atoms with Crippen molar-refractivity contribution in [1.82, 2.24) is 10.2 Å². The molecule has 0 aromatic heterocycles. The normalized spacial score (nSPS) is 30.4. The van der Waals surface area contributed by atoms with E-state index in [1.807, 2.05) is 31.2 Å². The highest BCUT2D eigenvalue weighted by Crippen LogP contribution is 2.71. The Morgan fingerprint density at radius 1 is 1.14 bits per heavy atom. The second kappa shape index (κ2) is 10.6. The van der Waals surface area contributed by atoms with Gasteiger partial charge >= 0.3 is 0 Å². The Hall–Kier alpha value is -2.26. The summed E-state index contributed by atoms with van der Waals surface area (Å²) in [6.45, 7) is 10.9. The maximum absolute atomic E-state index is 13.9. The summed E-state index contributed by atoms with van der Waals surface area (Å²) in [6.07, 6.45) is 2.73. The molecule has 1 spiro atoms. The van der Waals surface area contributed by atoms with Gasteiger partial charge in [-0.25, -0.2) is 0 Å². The largest absolute Gasteiger partial charge is 0.396 e. The second-order valence-corrected chi connectivity index (χ2v) is 12.2. The van der Waals surface area contributed by atoms with E-state index in [0.29, 0.717) is 25.2 Å². The van der Waals surface area contributed by atoms with Crippen LogP contribution in [0.3, 0.4) is 0 Å². The van der Waals surface area contributed by atoms with Gasteiger partial charge in [-0.05, 0) is 70.7 Å². The van der Waals surface area contributed by atoms with Gasteiger partial charge in [-0.2, -0.15) is 0 Å². The highest BCUT2D eigenvalue weighted by Gasteiger charge is 2.76. The molecule has 8 nitrogen and oxygen atoms in total. The predicted molar refractivity (Wildman–Crippen MR) is 144 cm³/mol. The summed E-state index contributed by atoms with van der Waals surface area (Å²) in [6, 6.07) is 7.12. The molecule has 9 heteroatoms. The molecule has 4 rings (SSSR count). The van der Waals surface area contributed by atoms with Crippen LogP contribution >= 0.6 is 11.8 Å². The minimum Gasteiger partial charge on any atom is -0.396 e. The first kappa shape index (κ1) is 26.8. The first-order valence-corrected chi connectivity index (χ1v) is 14.1. The molecule has 2 unspecified atom stereocenters. The smallest absolute Gasteiger partial charge is 0.248 e. The number of aliphatic hydroxyl groups excluding tert-OH is 1. The minimum atomic E-state index is -0.681. The Bertz CT molecular complexity index is 984. The number of amides is 3. The van der Waals surface area contributed by atoms with E-state index < -0.39 is 22.6 Å². The topological polar surface area (TPSA) is 102 Å². The van der Waals surface area contributed by atoms with E-state index in [1.165, 1.54) is 0 Å². The molecule has 0 saturated carbocycles.